The van der Waals surface area contributed by atoms with Gasteiger partial charge in [0.2, 0.25) is 0 Å². The topological polar surface area (TPSA) is 46.7 Å². The summed E-state index contributed by atoms with van der Waals surface area (Å²) in [4.78, 5) is 8.68. The second-order valence-corrected chi connectivity index (χ2v) is 2.70. The molecule has 1 saturated carbocycles. The molecular weight excluding hydrogens is 347 g/mol. The van der Waals surface area contributed by atoms with Crippen LogP contribution in [-0.2, 0) is 31.4 Å². The van der Waals surface area contributed by atoms with E-state index in [0.717, 1.165) is 0 Å². The van der Waals surface area contributed by atoms with E-state index in [1.54, 1.807) is 0 Å². The van der Waals surface area contributed by atoms with Gasteiger partial charge in [-0.05, 0) is 14.2 Å². The Kier molecular flexibility index (Phi) is 14.7. The molecule has 2 fully saturated rings. The third-order valence-corrected chi connectivity index (χ3v) is 1.91. The molecule has 1 heterocycles. The average molecular weight is 362 g/mol. The summed E-state index contributed by atoms with van der Waals surface area (Å²) < 4.78 is 19.7. The van der Waals surface area contributed by atoms with Crippen molar-refractivity contribution in [1.29, 1.82) is 1.34 Å². The Morgan fingerprint density at radius 1 is 1.50 bits per heavy atom. The van der Waals surface area contributed by atoms with E-state index < -0.39 is 0 Å². The number of rotatable bonds is 0. The van der Waals surface area contributed by atoms with E-state index in [4.69, 9.17) is 14.4 Å². The zero-order chi connectivity index (χ0) is 12.1. The van der Waals surface area contributed by atoms with E-state index in [-0.39, 0.29) is 18.3 Å². The van der Waals surface area contributed by atoms with Crippen LogP contribution in [0.2, 0.25) is 0 Å². The molecule has 2 atom stereocenters. The van der Waals surface area contributed by atoms with Crippen LogP contribution >= 0.6 is 22.4 Å². The number of ether oxygens (including phenoxy) is 1. The minimum absolute atomic E-state index is 0.125. The molecule has 1 saturated heterocycles. The molecular formula is C8H14BIO3Zn-. The standard InChI is InChI=1S/C6H10O.C2H3O.BHI.O.Zn/c1-2-4-6-5(3-1)7-6;1-2-3;1-2;;/h5-6H,1-4H2;1H3;1H;;/q;-1;;;/i;;1D;;. The van der Waals surface area contributed by atoms with Crippen molar-refractivity contribution in [2.24, 2.45) is 0 Å². The molecule has 6 heteroatoms. The zero-order valence-electron chi connectivity index (χ0n) is 9.37. The predicted octanol–water partition coefficient (Wildman–Crippen LogP) is 1.56. The van der Waals surface area contributed by atoms with Gasteiger partial charge in [0, 0.05) is 0 Å². The van der Waals surface area contributed by atoms with Crippen LogP contribution in [0.5, 0.6) is 0 Å². The number of hydrogen-bond donors (Lipinski definition) is 0. The fourth-order valence-electron chi connectivity index (χ4n) is 1.38. The summed E-state index contributed by atoms with van der Waals surface area (Å²) in [6, 6.07) is 0. The van der Waals surface area contributed by atoms with Crippen molar-refractivity contribution in [3.63, 3.8) is 0 Å². The molecule has 0 bridgehead atoms. The molecule has 0 aromatic rings. The van der Waals surface area contributed by atoms with Gasteiger partial charge >= 0.3 is 21.8 Å². The van der Waals surface area contributed by atoms with E-state index in [9.17, 15) is 0 Å². The van der Waals surface area contributed by atoms with Gasteiger partial charge in [-0.3, -0.25) is 6.29 Å². The van der Waals surface area contributed by atoms with E-state index in [0.29, 0.717) is 12.2 Å². The Bertz CT molecular complexity index is 146. The van der Waals surface area contributed by atoms with Gasteiger partial charge in [-0.15, -0.1) is 0 Å². The fourth-order valence-corrected chi connectivity index (χ4v) is 1.38. The number of fused-ring (bicyclic) bond motifs is 1. The Balaban J connectivity index is 0. The normalized spacial score (nSPS) is 26.4. The molecule has 0 N–H and O–H groups in total. The average Bonchev–Trinajstić information content (AvgIpc) is 3.02. The van der Waals surface area contributed by atoms with Gasteiger partial charge in [0.15, 0.2) is 5.67 Å². The third kappa shape index (κ3) is 9.41. The first-order valence-corrected chi connectivity index (χ1v) is 6.79. The number of carbonyl (C=O) groups excluding carboxylic acids is 1. The van der Waals surface area contributed by atoms with E-state index in [2.05, 4.69) is 0 Å². The van der Waals surface area contributed by atoms with Crippen molar-refractivity contribution >= 4 is 34.3 Å². The van der Waals surface area contributed by atoms with Crippen LogP contribution in [0, 0.1) is 0 Å². The van der Waals surface area contributed by atoms with Crippen LogP contribution in [0.1, 0.15) is 32.6 Å². The van der Waals surface area contributed by atoms with Crippen LogP contribution in [0.25, 0.3) is 0 Å². The first-order valence-electron chi connectivity index (χ1n) is 4.91. The number of hydrogen-bond acceptors (Lipinski definition) is 3. The second-order valence-electron chi connectivity index (χ2n) is 2.70. The maximum atomic E-state index is 8.68. The molecule has 1 aliphatic heterocycles. The molecule has 77 valence electrons. The van der Waals surface area contributed by atoms with E-state index in [1.165, 1.54) is 44.6 Å². The van der Waals surface area contributed by atoms with Crippen molar-refractivity contribution in [1.82, 2.24) is 0 Å². The Morgan fingerprint density at radius 3 is 2.00 bits per heavy atom. The van der Waals surface area contributed by atoms with Gasteiger partial charge in [-0.2, -0.15) is 29.3 Å². The van der Waals surface area contributed by atoms with Crippen molar-refractivity contribution < 1.29 is 31.4 Å². The number of epoxide rings is 1. The molecule has 2 aliphatic rings. The number of halogens is 1. The second kappa shape index (κ2) is 13.8. The first kappa shape index (κ1) is 14.8. The Morgan fingerprint density at radius 2 is 1.79 bits per heavy atom. The van der Waals surface area contributed by atoms with E-state index in [1.807, 2.05) is 22.4 Å². The minimum atomic E-state index is 0.125. The third-order valence-electron chi connectivity index (χ3n) is 1.91. The summed E-state index contributed by atoms with van der Waals surface area (Å²) in [5.74, 6) is 0. The van der Waals surface area contributed by atoms with Crippen molar-refractivity contribution in [3.05, 3.63) is 0 Å². The predicted molar refractivity (Wildman–Crippen MR) is 60.4 cm³/mol. The molecule has 14 heavy (non-hydrogen) atoms. The molecule has 0 spiro atoms. The van der Waals surface area contributed by atoms with Gasteiger partial charge in [-0.1, -0.05) is 12.8 Å². The molecule has 0 amide bonds. The van der Waals surface area contributed by atoms with Crippen LogP contribution in [0.15, 0.2) is 0 Å². The summed E-state index contributed by atoms with van der Waals surface area (Å²) in [7, 11) is 0. The molecule has 2 unspecified atom stereocenters. The zero-order valence-corrected chi connectivity index (χ0v) is 13.5. The van der Waals surface area contributed by atoms with Gasteiger partial charge in [0.1, 0.15) is 0 Å². The SMILES string of the molecule is C1CCC2OC2C1.C[C-]=O.[2H][B]I.[O]=[Zn]. The molecule has 0 aromatic carbocycles. The Labute approximate surface area is 111 Å². The molecule has 1 radical (unpaired) electrons. The maximum absolute atomic E-state index is 8.68. The van der Waals surface area contributed by atoms with Crippen LogP contribution in [0.3, 0.4) is 0 Å². The van der Waals surface area contributed by atoms with Crippen molar-refractivity contribution in [3.8, 4) is 0 Å². The summed E-state index contributed by atoms with van der Waals surface area (Å²) in [5, 5.41) is 0. The fraction of sp³-hybridized carbons (Fsp3) is 0.875. The molecule has 1 aliphatic carbocycles. The van der Waals surface area contributed by atoms with Crippen molar-refractivity contribution in [2.75, 3.05) is 0 Å². The summed E-state index contributed by atoms with van der Waals surface area (Å²) in [6.07, 6.45) is 8.39. The first-order chi connectivity index (χ1) is 7.29. The molecule has 3 nitrogen and oxygen atoms in total. The molecule has 2 rings (SSSR count). The van der Waals surface area contributed by atoms with Crippen molar-refractivity contribution in [2.45, 2.75) is 44.8 Å². The summed E-state index contributed by atoms with van der Waals surface area (Å²) in [6.45, 7) is 1.32. The summed E-state index contributed by atoms with van der Waals surface area (Å²) in [5.41, 5.74) is 1.22. The Hall–Kier alpha value is 0.848. The van der Waals surface area contributed by atoms with Gasteiger partial charge in [0.05, 0.1) is 12.2 Å². The van der Waals surface area contributed by atoms with Gasteiger partial charge < -0.3 is 9.53 Å². The van der Waals surface area contributed by atoms with Crippen LogP contribution in [0.4, 0.5) is 0 Å². The monoisotopic (exact) mass is 361 g/mol. The van der Waals surface area contributed by atoms with Crippen LogP contribution < -0.4 is 0 Å². The summed E-state index contributed by atoms with van der Waals surface area (Å²) >= 11 is 1.96. The van der Waals surface area contributed by atoms with Gasteiger partial charge in [-0.25, -0.2) is 0 Å². The van der Waals surface area contributed by atoms with E-state index >= 15 is 0 Å². The quantitative estimate of drug-likeness (QED) is 0.284. The van der Waals surface area contributed by atoms with Gasteiger partial charge in [0.25, 0.3) is 0 Å². The molecule has 0 aromatic heterocycles. The van der Waals surface area contributed by atoms with Crippen LogP contribution in [-0.4, -0.2) is 25.5 Å².